The average Bonchev–Trinajstić information content (AvgIpc) is 2.33. The molecule has 0 aromatic carbocycles. The van der Waals surface area contributed by atoms with Gasteiger partial charge in [0.1, 0.15) is 4.49 Å². The van der Waals surface area contributed by atoms with E-state index in [4.69, 9.17) is 23.2 Å². The Morgan fingerprint density at radius 1 is 1.27 bits per heavy atom. The highest BCUT2D eigenvalue weighted by Crippen LogP contribution is 2.31. The largest absolute Gasteiger partial charge is 0.512 e. The molecule has 0 spiro atoms. The smallest absolute Gasteiger partial charge is 0.152 e. The third-order valence-corrected chi connectivity index (χ3v) is 2.01. The zero-order valence-corrected chi connectivity index (χ0v) is 7.28. The second kappa shape index (κ2) is 3.37. The Hall–Kier alpha value is -0.340. The van der Waals surface area contributed by atoms with E-state index in [0.717, 1.165) is 6.42 Å². The molecular formula is C7H8Cl2O2. The first-order valence-electron chi connectivity index (χ1n) is 3.28. The molecular weight excluding hydrogens is 187 g/mol. The monoisotopic (exact) mass is 194 g/mol. The molecule has 1 aliphatic rings. The molecule has 1 aliphatic carbocycles. The van der Waals surface area contributed by atoms with E-state index < -0.39 is 0 Å². The van der Waals surface area contributed by atoms with Gasteiger partial charge in [-0.05, 0) is 12.8 Å². The van der Waals surface area contributed by atoms with Gasteiger partial charge in [0.15, 0.2) is 5.76 Å². The fraction of sp³-hybridized carbons (Fsp3) is 0.429. The maximum atomic E-state index is 9.19. The minimum atomic E-state index is -0.191. The number of rotatable bonds is 1. The molecule has 62 valence electrons. The van der Waals surface area contributed by atoms with Crippen molar-refractivity contribution in [1.82, 2.24) is 0 Å². The van der Waals surface area contributed by atoms with E-state index in [1.54, 1.807) is 0 Å². The topological polar surface area (TPSA) is 40.5 Å². The lowest BCUT2D eigenvalue weighted by Gasteiger charge is -2.00. The van der Waals surface area contributed by atoms with E-state index in [1.165, 1.54) is 0 Å². The fourth-order valence-electron chi connectivity index (χ4n) is 1.10. The Morgan fingerprint density at radius 2 is 1.91 bits per heavy atom. The van der Waals surface area contributed by atoms with Crippen LogP contribution in [0.2, 0.25) is 0 Å². The average molecular weight is 195 g/mol. The van der Waals surface area contributed by atoms with Gasteiger partial charge in [-0.1, -0.05) is 23.2 Å². The lowest BCUT2D eigenvalue weighted by molar-refractivity contribution is 0.377. The molecule has 0 heterocycles. The van der Waals surface area contributed by atoms with Crippen molar-refractivity contribution in [3.05, 3.63) is 21.6 Å². The van der Waals surface area contributed by atoms with Crippen LogP contribution in [0.1, 0.15) is 19.3 Å². The van der Waals surface area contributed by atoms with Crippen molar-refractivity contribution >= 4 is 23.2 Å². The third kappa shape index (κ3) is 1.82. The first-order valence-corrected chi connectivity index (χ1v) is 4.04. The number of aliphatic hydroxyl groups is 2. The normalized spacial score (nSPS) is 17.3. The summed E-state index contributed by atoms with van der Waals surface area (Å²) >= 11 is 10.6. The van der Waals surface area contributed by atoms with Crippen LogP contribution in [0.15, 0.2) is 21.6 Å². The van der Waals surface area contributed by atoms with Gasteiger partial charge in [0.05, 0.1) is 5.76 Å². The summed E-state index contributed by atoms with van der Waals surface area (Å²) in [6.45, 7) is 0. The molecule has 0 saturated heterocycles. The standard InChI is InChI=1S/C7H8Cl2O2/c8-7(9)6(11)4-2-1-3-5(4)10/h10-11H,1-3H2. The van der Waals surface area contributed by atoms with E-state index in [0.29, 0.717) is 18.4 Å². The van der Waals surface area contributed by atoms with Crippen LogP contribution < -0.4 is 0 Å². The Kier molecular flexibility index (Phi) is 2.68. The van der Waals surface area contributed by atoms with Crippen molar-refractivity contribution in [2.24, 2.45) is 0 Å². The molecule has 0 aromatic heterocycles. The summed E-state index contributed by atoms with van der Waals surface area (Å²) in [5.41, 5.74) is 0.477. The molecule has 0 atom stereocenters. The summed E-state index contributed by atoms with van der Waals surface area (Å²) in [4.78, 5) is 0. The number of allylic oxidation sites excluding steroid dienone is 2. The van der Waals surface area contributed by atoms with Crippen LogP contribution >= 0.6 is 23.2 Å². The van der Waals surface area contributed by atoms with Crippen LogP contribution in [-0.4, -0.2) is 10.2 Å². The quantitative estimate of drug-likeness (QED) is 0.630. The number of hydrogen-bond acceptors (Lipinski definition) is 2. The van der Waals surface area contributed by atoms with E-state index in [9.17, 15) is 10.2 Å². The molecule has 0 saturated carbocycles. The molecule has 0 aromatic rings. The highest BCUT2D eigenvalue weighted by Gasteiger charge is 2.18. The van der Waals surface area contributed by atoms with Crippen LogP contribution in [0.5, 0.6) is 0 Å². The molecule has 4 heteroatoms. The van der Waals surface area contributed by atoms with Crippen LogP contribution in [0.3, 0.4) is 0 Å². The van der Waals surface area contributed by atoms with E-state index in [1.807, 2.05) is 0 Å². The van der Waals surface area contributed by atoms with Crippen LogP contribution in [-0.2, 0) is 0 Å². The Labute approximate surface area is 74.7 Å². The lowest BCUT2D eigenvalue weighted by Crippen LogP contribution is -1.88. The van der Waals surface area contributed by atoms with Gasteiger partial charge < -0.3 is 10.2 Å². The molecule has 0 amide bonds. The Bertz CT molecular complexity index is 227. The first kappa shape index (κ1) is 8.75. The van der Waals surface area contributed by atoms with Gasteiger partial charge >= 0.3 is 0 Å². The van der Waals surface area contributed by atoms with Gasteiger partial charge in [-0.25, -0.2) is 0 Å². The van der Waals surface area contributed by atoms with Gasteiger partial charge in [-0.2, -0.15) is 0 Å². The van der Waals surface area contributed by atoms with Crippen molar-refractivity contribution in [2.75, 3.05) is 0 Å². The minimum Gasteiger partial charge on any atom is -0.512 e. The predicted molar refractivity (Wildman–Crippen MR) is 44.9 cm³/mol. The van der Waals surface area contributed by atoms with Crippen molar-refractivity contribution in [3.8, 4) is 0 Å². The summed E-state index contributed by atoms with van der Waals surface area (Å²) in [7, 11) is 0. The SMILES string of the molecule is OC1=C(C(O)=C(Cl)Cl)CCC1. The second-order valence-electron chi connectivity index (χ2n) is 2.39. The van der Waals surface area contributed by atoms with Crippen LogP contribution in [0, 0.1) is 0 Å². The van der Waals surface area contributed by atoms with Gasteiger partial charge in [-0.15, -0.1) is 0 Å². The Balaban J connectivity index is 2.91. The molecule has 1 rings (SSSR count). The molecule has 2 nitrogen and oxygen atoms in total. The summed E-state index contributed by atoms with van der Waals surface area (Å²) in [6.07, 6.45) is 2.08. The fourth-order valence-corrected chi connectivity index (χ4v) is 1.33. The molecule has 2 N–H and O–H groups in total. The highest BCUT2D eigenvalue weighted by molar-refractivity contribution is 6.56. The second-order valence-corrected chi connectivity index (χ2v) is 3.34. The maximum Gasteiger partial charge on any atom is 0.152 e. The first-order chi connectivity index (χ1) is 5.13. The Morgan fingerprint density at radius 3 is 2.27 bits per heavy atom. The summed E-state index contributed by atoms with van der Waals surface area (Å²) in [5.74, 6) is 0.00429. The van der Waals surface area contributed by atoms with Crippen molar-refractivity contribution in [3.63, 3.8) is 0 Å². The lowest BCUT2D eigenvalue weighted by atomic mass is 10.2. The minimum absolute atomic E-state index is 0.187. The molecule has 0 aliphatic heterocycles. The predicted octanol–water partition coefficient (Wildman–Crippen LogP) is 3.19. The van der Waals surface area contributed by atoms with Gasteiger partial charge in [0.25, 0.3) is 0 Å². The van der Waals surface area contributed by atoms with Crippen molar-refractivity contribution in [2.45, 2.75) is 19.3 Å². The van der Waals surface area contributed by atoms with Gasteiger partial charge in [0.2, 0.25) is 0 Å². The number of hydrogen-bond donors (Lipinski definition) is 2. The maximum absolute atomic E-state index is 9.19. The highest BCUT2D eigenvalue weighted by atomic mass is 35.5. The van der Waals surface area contributed by atoms with Crippen molar-refractivity contribution < 1.29 is 10.2 Å². The molecule has 11 heavy (non-hydrogen) atoms. The zero-order valence-electron chi connectivity index (χ0n) is 5.77. The third-order valence-electron chi connectivity index (χ3n) is 1.65. The molecule has 0 radical (unpaired) electrons. The van der Waals surface area contributed by atoms with Crippen LogP contribution in [0.4, 0.5) is 0 Å². The van der Waals surface area contributed by atoms with Gasteiger partial charge in [-0.3, -0.25) is 0 Å². The number of aliphatic hydroxyl groups excluding tert-OH is 2. The summed E-state index contributed by atoms with van der Waals surface area (Å²) in [5, 5.41) is 18.4. The van der Waals surface area contributed by atoms with E-state index in [2.05, 4.69) is 0 Å². The van der Waals surface area contributed by atoms with E-state index in [-0.39, 0.29) is 16.0 Å². The molecule has 0 unspecified atom stereocenters. The molecule has 0 bridgehead atoms. The summed E-state index contributed by atoms with van der Waals surface area (Å²) in [6, 6.07) is 0. The van der Waals surface area contributed by atoms with E-state index >= 15 is 0 Å². The van der Waals surface area contributed by atoms with Crippen molar-refractivity contribution in [1.29, 1.82) is 0 Å². The molecule has 0 fully saturated rings. The summed E-state index contributed by atoms with van der Waals surface area (Å²) < 4.78 is -0.187. The number of halogens is 2. The van der Waals surface area contributed by atoms with Gasteiger partial charge in [0, 0.05) is 12.0 Å². The zero-order chi connectivity index (χ0) is 8.43. The van der Waals surface area contributed by atoms with Crippen LogP contribution in [0.25, 0.3) is 0 Å².